The molecular weight excluding hydrogens is 344 g/mol. The van der Waals surface area contributed by atoms with Gasteiger partial charge in [-0.05, 0) is 32.8 Å². The normalized spacial score (nSPS) is 15.6. The summed E-state index contributed by atoms with van der Waals surface area (Å²) in [6.45, 7) is 7.04. The number of nitrogens with one attached hydrogen (secondary N) is 2. The summed E-state index contributed by atoms with van der Waals surface area (Å²) in [5.74, 6) is 0.920. The van der Waals surface area contributed by atoms with Gasteiger partial charge in [0.2, 0.25) is 0 Å². The van der Waals surface area contributed by atoms with E-state index in [0.29, 0.717) is 18.2 Å². The van der Waals surface area contributed by atoms with Crippen molar-refractivity contribution in [2.75, 3.05) is 24.5 Å². The van der Waals surface area contributed by atoms with E-state index in [1.807, 2.05) is 19.9 Å². The molecule has 4 rings (SSSR count). The number of H-pyrrole nitrogens is 1. The Morgan fingerprint density at radius 1 is 1.22 bits per heavy atom. The number of hydrogen-bond acceptors (Lipinski definition) is 7. The van der Waals surface area contributed by atoms with Crippen LogP contribution < -0.4 is 15.9 Å². The summed E-state index contributed by atoms with van der Waals surface area (Å²) >= 11 is 0. The van der Waals surface area contributed by atoms with Gasteiger partial charge in [-0.3, -0.25) is 4.57 Å². The molecule has 0 amide bonds. The van der Waals surface area contributed by atoms with Crippen LogP contribution in [-0.4, -0.2) is 55.2 Å². The van der Waals surface area contributed by atoms with Crippen molar-refractivity contribution in [1.29, 1.82) is 0 Å². The minimum absolute atomic E-state index is 0.170. The second kappa shape index (κ2) is 7.43. The number of anilines is 1. The van der Waals surface area contributed by atoms with Gasteiger partial charge in [0.1, 0.15) is 11.8 Å². The molecule has 0 atom stereocenters. The zero-order valence-electron chi connectivity index (χ0n) is 15.6. The van der Waals surface area contributed by atoms with Crippen LogP contribution in [-0.2, 0) is 6.54 Å². The molecule has 0 aliphatic carbocycles. The topological polar surface area (TPSA) is 105 Å². The van der Waals surface area contributed by atoms with Gasteiger partial charge in [-0.1, -0.05) is 0 Å². The van der Waals surface area contributed by atoms with Crippen LogP contribution in [0, 0.1) is 13.8 Å². The van der Waals surface area contributed by atoms with E-state index in [4.69, 9.17) is 0 Å². The first kappa shape index (κ1) is 17.6. The molecule has 9 heteroatoms. The van der Waals surface area contributed by atoms with Crippen LogP contribution in [0.1, 0.15) is 24.2 Å². The fourth-order valence-corrected chi connectivity index (χ4v) is 3.71. The zero-order valence-corrected chi connectivity index (χ0v) is 15.6. The first-order chi connectivity index (χ1) is 13.1. The molecule has 1 fully saturated rings. The lowest BCUT2D eigenvalue weighted by atomic mass is 10.1. The van der Waals surface area contributed by atoms with Crippen LogP contribution in [0.25, 0.3) is 11.2 Å². The van der Waals surface area contributed by atoms with E-state index in [-0.39, 0.29) is 5.69 Å². The van der Waals surface area contributed by atoms with Crippen molar-refractivity contribution in [2.24, 2.45) is 0 Å². The Labute approximate surface area is 156 Å². The summed E-state index contributed by atoms with van der Waals surface area (Å²) in [5.41, 5.74) is 3.15. The molecule has 3 aromatic rings. The summed E-state index contributed by atoms with van der Waals surface area (Å²) < 4.78 is 1.73. The molecule has 4 heterocycles. The lowest BCUT2D eigenvalue weighted by Gasteiger charge is -2.33. The quantitative estimate of drug-likeness (QED) is 0.686. The number of nitrogens with zero attached hydrogens (tertiary/aromatic N) is 6. The van der Waals surface area contributed by atoms with Gasteiger partial charge in [-0.25, -0.2) is 19.7 Å². The van der Waals surface area contributed by atoms with Crippen molar-refractivity contribution in [2.45, 2.75) is 39.3 Å². The number of piperidine rings is 1. The number of aromatic amines is 1. The van der Waals surface area contributed by atoms with Gasteiger partial charge in [-0.2, -0.15) is 4.98 Å². The van der Waals surface area contributed by atoms with Gasteiger partial charge in [0.15, 0.2) is 11.5 Å². The van der Waals surface area contributed by atoms with Crippen LogP contribution in [0.2, 0.25) is 0 Å². The third-order valence-electron chi connectivity index (χ3n) is 5.11. The largest absolute Gasteiger partial charge is 0.355 e. The molecule has 3 aromatic heterocycles. The molecule has 1 saturated heterocycles. The minimum atomic E-state index is -0.170. The highest BCUT2D eigenvalue weighted by Gasteiger charge is 2.22. The minimum Gasteiger partial charge on any atom is -0.355 e. The number of hydrogen-bond donors (Lipinski definition) is 2. The Kier molecular flexibility index (Phi) is 4.85. The molecule has 0 radical (unpaired) electrons. The first-order valence-electron chi connectivity index (χ1n) is 9.29. The number of rotatable bonds is 5. The Hall–Kier alpha value is -2.81. The van der Waals surface area contributed by atoms with Gasteiger partial charge in [0.05, 0.1) is 6.33 Å². The molecule has 0 bridgehead atoms. The molecular formula is C18H24N8O. The van der Waals surface area contributed by atoms with Crippen LogP contribution in [0.15, 0.2) is 23.5 Å². The lowest BCUT2D eigenvalue weighted by molar-refractivity contribution is 0.402. The Balaban J connectivity index is 1.31. The van der Waals surface area contributed by atoms with Crippen molar-refractivity contribution < 1.29 is 0 Å². The predicted octanol–water partition coefficient (Wildman–Crippen LogP) is 0.785. The Morgan fingerprint density at radius 2 is 2.04 bits per heavy atom. The molecule has 142 valence electrons. The highest BCUT2D eigenvalue weighted by Crippen LogP contribution is 2.23. The highest BCUT2D eigenvalue weighted by molar-refractivity contribution is 5.82. The molecule has 0 unspecified atom stereocenters. The maximum absolute atomic E-state index is 12.0. The van der Waals surface area contributed by atoms with Gasteiger partial charge >= 0.3 is 5.69 Å². The Morgan fingerprint density at radius 3 is 2.81 bits per heavy atom. The second-order valence-corrected chi connectivity index (χ2v) is 6.99. The van der Waals surface area contributed by atoms with E-state index in [2.05, 4.69) is 35.1 Å². The third-order valence-corrected chi connectivity index (χ3v) is 5.11. The summed E-state index contributed by atoms with van der Waals surface area (Å²) in [7, 11) is 0. The molecule has 2 N–H and O–H groups in total. The second-order valence-electron chi connectivity index (χ2n) is 6.99. The van der Waals surface area contributed by atoms with E-state index < -0.39 is 0 Å². The van der Waals surface area contributed by atoms with Crippen molar-refractivity contribution in [3.05, 3.63) is 40.6 Å². The third kappa shape index (κ3) is 3.68. The summed E-state index contributed by atoms with van der Waals surface area (Å²) in [6, 6.07) is 2.38. The van der Waals surface area contributed by atoms with Gasteiger partial charge in [0.25, 0.3) is 0 Å². The van der Waals surface area contributed by atoms with Crippen LogP contribution in [0.5, 0.6) is 0 Å². The van der Waals surface area contributed by atoms with Gasteiger partial charge < -0.3 is 15.2 Å². The maximum atomic E-state index is 12.0. The maximum Gasteiger partial charge on any atom is 0.347 e. The van der Waals surface area contributed by atoms with Crippen molar-refractivity contribution in [1.82, 2.24) is 34.8 Å². The number of imidazole rings is 1. The first-order valence-corrected chi connectivity index (χ1v) is 9.29. The number of aryl methyl sites for hydroxylation is 2. The Bertz CT molecular complexity index is 986. The fraction of sp³-hybridized carbons (Fsp3) is 0.500. The summed E-state index contributed by atoms with van der Waals surface area (Å²) in [4.78, 5) is 34.3. The predicted molar refractivity (Wildman–Crippen MR) is 103 cm³/mol. The smallest absolute Gasteiger partial charge is 0.347 e. The van der Waals surface area contributed by atoms with Crippen LogP contribution in [0.3, 0.4) is 0 Å². The standard InChI is InChI=1S/C18H24N8O/c1-12-9-13(2)26(18(27)24-12)8-5-19-14-3-6-25(7-4-14)17-15-16(21-10-20-15)22-11-23-17/h9-11,14,19H,3-8H2,1-2H3,(H,20,21,22,23). The molecule has 9 nitrogen and oxygen atoms in total. The lowest BCUT2D eigenvalue weighted by Crippen LogP contribution is -2.44. The van der Waals surface area contributed by atoms with E-state index >= 15 is 0 Å². The summed E-state index contributed by atoms with van der Waals surface area (Å²) in [5, 5.41) is 3.58. The zero-order chi connectivity index (χ0) is 18.8. The average Bonchev–Trinajstić information content (AvgIpc) is 3.13. The number of fused-ring (bicyclic) bond motifs is 1. The fourth-order valence-electron chi connectivity index (χ4n) is 3.71. The van der Waals surface area contributed by atoms with Crippen molar-refractivity contribution >= 4 is 17.0 Å². The van der Waals surface area contributed by atoms with E-state index in [9.17, 15) is 4.79 Å². The van der Waals surface area contributed by atoms with E-state index in [0.717, 1.165) is 55.2 Å². The van der Waals surface area contributed by atoms with E-state index in [1.165, 1.54) is 0 Å². The highest BCUT2D eigenvalue weighted by atomic mass is 16.1. The van der Waals surface area contributed by atoms with Crippen molar-refractivity contribution in [3.63, 3.8) is 0 Å². The van der Waals surface area contributed by atoms with Crippen LogP contribution >= 0.6 is 0 Å². The number of aromatic nitrogens is 6. The molecule has 27 heavy (non-hydrogen) atoms. The molecule has 0 spiro atoms. The molecule has 0 saturated carbocycles. The molecule has 1 aliphatic rings. The summed E-state index contributed by atoms with van der Waals surface area (Å²) in [6.07, 6.45) is 5.28. The SMILES string of the molecule is Cc1cc(C)n(CCNC2CCN(c3ncnc4nc[nH]c34)CC2)c(=O)n1. The van der Waals surface area contributed by atoms with Crippen molar-refractivity contribution in [3.8, 4) is 0 Å². The van der Waals surface area contributed by atoms with Gasteiger partial charge in [0, 0.05) is 43.6 Å². The molecule has 1 aliphatic heterocycles. The van der Waals surface area contributed by atoms with Gasteiger partial charge in [-0.15, -0.1) is 0 Å². The molecule has 0 aromatic carbocycles. The van der Waals surface area contributed by atoms with Crippen LogP contribution in [0.4, 0.5) is 5.82 Å². The average molecular weight is 368 g/mol. The van der Waals surface area contributed by atoms with E-state index in [1.54, 1.807) is 17.2 Å². The monoisotopic (exact) mass is 368 g/mol.